The summed E-state index contributed by atoms with van der Waals surface area (Å²) >= 11 is 5.45. The number of aromatic nitrogens is 3. The van der Waals surface area contributed by atoms with Gasteiger partial charge in [0.1, 0.15) is 17.5 Å². The highest BCUT2D eigenvalue weighted by molar-refractivity contribution is 6.74. The number of carboxylic acid groups (broad SMARTS) is 1. The number of aliphatic carboxylic acids is 1. The minimum absolute atomic E-state index is 0.0191. The second-order valence-corrected chi connectivity index (χ2v) is 40.3. The Morgan fingerprint density at radius 3 is 1.14 bits per heavy atom. The fourth-order valence-electron chi connectivity index (χ4n) is 12.1. The fourth-order valence-corrected chi connectivity index (χ4v) is 14.4. The monoisotopic (exact) mass is 1550 g/mol. The molecule has 9 aromatic rings. The number of halogens is 4. The summed E-state index contributed by atoms with van der Waals surface area (Å²) in [5.74, 6) is -4.43. The van der Waals surface area contributed by atoms with Crippen LogP contribution in [0.4, 0.5) is 30.2 Å². The molecule has 0 saturated heterocycles. The molecule has 3 atom stereocenters. The molecule has 109 heavy (non-hydrogen) atoms. The lowest BCUT2D eigenvalue weighted by Gasteiger charge is -2.36. The molecule has 0 spiro atoms. The first-order chi connectivity index (χ1) is 51.2. The van der Waals surface area contributed by atoms with E-state index in [2.05, 4.69) is 146 Å². The lowest BCUT2D eigenvalue weighted by Crippen LogP contribution is -2.41. The van der Waals surface area contributed by atoms with Gasteiger partial charge in [-0.05, 0) is 209 Å². The molecular formula is C83H99ClF3N9O11Si2. The molecule has 0 aliphatic carbocycles. The maximum atomic E-state index is 13.5. The van der Waals surface area contributed by atoms with Gasteiger partial charge in [-0.2, -0.15) is 0 Å². The number of rotatable bonds is 18. The van der Waals surface area contributed by atoms with Crippen molar-refractivity contribution in [2.75, 3.05) is 36.2 Å². The summed E-state index contributed by atoms with van der Waals surface area (Å²) in [6.07, 6.45) is 10.7. The zero-order chi connectivity index (χ0) is 80.0. The van der Waals surface area contributed by atoms with Gasteiger partial charge >= 0.3 is 0 Å². The van der Waals surface area contributed by atoms with Gasteiger partial charge in [-0.15, -0.1) is 0 Å². The number of carbonyl (C=O) groups is 7. The molecule has 26 heteroatoms. The smallest absolute Gasteiger partial charge is 0.300 e. The van der Waals surface area contributed by atoms with Gasteiger partial charge in [-0.1, -0.05) is 77.9 Å². The number of aryl methyl sites for hydroxylation is 3. The third kappa shape index (κ3) is 22.3. The van der Waals surface area contributed by atoms with Crippen molar-refractivity contribution in [3.63, 3.8) is 0 Å². The quantitative estimate of drug-likeness (QED) is 0.0226. The van der Waals surface area contributed by atoms with Crippen molar-refractivity contribution in [3.05, 3.63) is 232 Å². The summed E-state index contributed by atoms with van der Waals surface area (Å²) in [6.45, 7) is 33.1. The topological polar surface area (TPSA) is 279 Å². The van der Waals surface area contributed by atoms with E-state index in [1.54, 1.807) is 36.4 Å². The van der Waals surface area contributed by atoms with Gasteiger partial charge in [0.15, 0.2) is 16.6 Å². The van der Waals surface area contributed by atoms with Crippen LogP contribution in [0.5, 0.6) is 0 Å². The number of amides is 5. The van der Waals surface area contributed by atoms with Gasteiger partial charge in [-0.3, -0.25) is 33.6 Å². The van der Waals surface area contributed by atoms with Crippen LogP contribution in [-0.4, -0.2) is 101 Å². The second-order valence-electron chi connectivity index (χ2n) is 30.3. The van der Waals surface area contributed by atoms with E-state index in [4.69, 9.17) is 36.1 Å². The van der Waals surface area contributed by atoms with Crippen molar-refractivity contribution in [3.8, 4) is 0 Å². The molecule has 0 saturated carbocycles. The molecule has 9 N–H and O–H groups in total. The highest BCUT2D eigenvalue weighted by Gasteiger charge is 2.39. The summed E-state index contributed by atoms with van der Waals surface area (Å²) in [5, 5.41) is 33.5. The average Bonchev–Trinajstić information content (AvgIpc) is 1.81. The zero-order valence-electron chi connectivity index (χ0n) is 64.2. The predicted octanol–water partition coefficient (Wildman–Crippen LogP) is 16.2. The predicted molar refractivity (Wildman–Crippen MR) is 429 cm³/mol. The Labute approximate surface area is 641 Å². The molecule has 3 aromatic heterocycles. The largest absolute Gasteiger partial charge is 0.481 e. The van der Waals surface area contributed by atoms with Crippen LogP contribution in [0.15, 0.2) is 181 Å². The number of carbonyl (C=O) groups excluding carboxylic acids is 6. The fraction of sp³-hybridized carbons (Fsp3) is 0.337. The van der Waals surface area contributed by atoms with E-state index in [9.17, 15) is 47.0 Å². The van der Waals surface area contributed by atoms with Crippen molar-refractivity contribution < 1.29 is 65.8 Å². The van der Waals surface area contributed by atoms with Gasteiger partial charge in [0, 0.05) is 135 Å². The number of allylic oxidation sites excluding steroid dienone is 1. The van der Waals surface area contributed by atoms with Gasteiger partial charge in [0.2, 0.25) is 23.0 Å². The number of carboxylic acids is 1. The molecule has 6 heterocycles. The third-order valence-electron chi connectivity index (χ3n) is 20.5. The van der Waals surface area contributed by atoms with Crippen LogP contribution >= 0.6 is 11.6 Å². The van der Waals surface area contributed by atoms with Crippen LogP contribution in [0.1, 0.15) is 119 Å². The maximum Gasteiger partial charge on any atom is 0.300 e. The standard InChI is InChI=1S/C29H36FN3O3Si.C23H22FN3O3.C17H28N2OSi.C12H9ClFNO2.C2H4O2/c1-19-15-21-11-12-33(13-14-36-37(5,6)29(2,3)4)26(21)17-25(19)32-28(35)24-18-31-27(34)16-23(24)20-7-9-22(30)10-8-20;1-14-10-16-6-7-27(8-9-28)21(16)12-20(14)26-23(30)19-13-25-22(29)11-18(19)15-2-4-17(24)5-3-15;1-13-11-14-7-8-19(16(14)12-15(13)18)9-10-20-21(5,6)17(2,3)4;13-12(17)10-6-15-11(16)5-9(10)7-1-3-8(14)4-2-7;1-2(3)4/h7-12,15,17-18,23H,13-14,16H2,1-6H3,(H,31,34)(H,32,35);2-7,10,12-13,18,28H,8-9,11H2,1H3,(H,25,29)(H,26,30);7-8,11-12H,9-10,18H2,1-6H3;1-4,6,9H,5H2,(H,15,16);1H3,(H,3,4)/t23-;18-;;9-;/m00.0./s1. The molecule has 0 unspecified atom stereocenters. The first-order valence-corrected chi connectivity index (χ1v) is 42.1. The lowest BCUT2D eigenvalue weighted by atomic mass is 9.86. The van der Waals surface area contributed by atoms with Crippen molar-refractivity contribution in [2.45, 2.75) is 162 Å². The van der Waals surface area contributed by atoms with Crippen molar-refractivity contribution >= 4 is 119 Å². The number of hydrogen-bond donors (Lipinski definition) is 8. The number of nitrogens with one attached hydrogen (secondary N) is 5. The number of nitrogens with zero attached hydrogens (tertiary/aromatic N) is 3. The molecule has 5 amide bonds. The van der Waals surface area contributed by atoms with Crippen LogP contribution in [0.2, 0.25) is 36.3 Å². The van der Waals surface area contributed by atoms with Crippen LogP contribution in [0.25, 0.3) is 32.7 Å². The Kier molecular flexibility index (Phi) is 28.2. The van der Waals surface area contributed by atoms with Gasteiger partial charge in [0.05, 0.1) is 36.4 Å². The van der Waals surface area contributed by atoms with E-state index in [1.165, 1.54) is 65.9 Å². The number of nitrogen functional groups attached to an aromatic ring is 1. The number of hydrogen-bond acceptors (Lipinski definition) is 11. The van der Waals surface area contributed by atoms with Crippen molar-refractivity contribution in [1.29, 1.82) is 0 Å². The molecule has 20 nitrogen and oxygen atoms in total. The van der Waals surface area contributed by atoms with E-state index in [0.717, 1.165) is 76.4 Å². The summed E-state index contributed by atoms with van der Waals surface area (Å²) in [5.41, 5.74) is 17.6. The van der Waals surface area contributed by atoms with E-state index in [-0.39, 0.29) is 82.9 Å². The Bertz CT molecular complexity index is 4910. The third-order valence-corrected chi connectivity index (χ3v) is 29.8. The Hall–Kier alpha value is -10.2. The molecule has 578 valence electrons. The lowest BCUT2D eigenvalue weighted by molar-refractivity contribution is -0.134. The SMILES string of the molecule is CC(=O)O.Cc1cc2ccn(CCO)c2cc1NC(=O)C1=CNC(=O)C[C@H]1c1ccc(F)cc1.Cc1cc2ccn(CCO[Si](C)(C)C(C)(C)C)c2cc1N.Cc1cc2ccn(CCO[Si](C)(C)C(C)(C)C)c2cc1NC(=O)C1=CNC(=O)C[C@H]1c1ccc(F)cc1.O=C1C[C@@H](c2ccc(F)cc2)C(C(=O)Cl)=CN1. The molecular weight excluding hydrogens is 1450 g/mol. The number of benzene rings is 6. The highest BCUT2D eigenvalue weighted by Crippen LogP contribution is 2.40. The number of aliphatic hydroxyl groups excluding tert-OH is 1. The minimum atomic E-state index is -1.84. The van der Waals surface area contributed by atoms with Crippen LogP contribution < -0.4 is 32.3 Å². The summed E-state index contributed by atoms with van der Waals surface area (Å²) in [6, 6.07) is 35.8. The minimum Gasteiger partial charge on any atom is -0.481 e. The van der Waals surface area contributed by atoms with E-state index < -0.39 is 45.6 Å². The van der Waals surface area contributed by atoms with Crippen molar-refractivity contribution in [1.82, 2.24) is 29.7 Å². The number of fused-ring (bicyclic) bond motifs is 3. The van der Waals surface area contributed by atoms with E-state index in [0.29, 0.717) is 52.4 Å². The molecule has 6 aromatic carbocycles. The summed E-state index contributed by atoms with van der Waals surface area (Å²) in [4.78, 5) is 82.0. The summed E-state index contributed by atoms with van der Waals surface area (Å²) in [7, 11) is -3.50. The first kappa shape index (κ1) is 84.5. The van der Waals surface area contributed by atoms with Crippen LogP contribution in [0.3, 0.4) is 0 Å². The zero-order valence-corrected chi connectivity index (χ0v) is 66.9. The van der Waals surface area contributed by atoms with Crippen LogP contribution in [0, 0.1) is 38.2 Å². The Morgan fingerprint density at radius 2 is 0.817 bits per heavy atom. The molecule has 0 fully saturated rings. The molecule has 0 radical (unpaired) electrons. The highest BCUT2D eigenvalue weighted by atomic mass is 35.5. The molecule has 0 bridgehead atoms. The average molecular weight is 1550 g/mol. The number of aliphatic hydroxyl groups is 1. The maximum absolute atomic E-state index is 13.5. The normalized spacial score (nSPS) is 15.9. The van der Waals surface area contributed by atoms with Gasteiger partial charge in [-0.25, -0.2) is 13.2 Å². The van der Waals surface area contributed by atoms with Crippen LogP contribution in [-0.2, 0) is 62.0 Å². The van der Waals surface area contributed by atoms with Gasteiger partial charge < -0.3 is 65.1 Å². The molecule has 3 aliphatic heterocycles. The van der Waals surface area contributed by atoms with Gasteiger partial charge in [0.25, 0.3) is 17.8 Å². The summed E-state index contributed by atoms with van der Waals surface area (Å²) < 4.78 is 58.5. The Balaban J connectivity index is 0.000000187. The number of nitrogens with two attached hydrogens (primary N) is 1. The van der Waals surface area contributed by atoms with Crippen molar-refractivity contribution in [2.24, 2.45) is 0 Å². The molecule has 3 aliphatic rings. The first-order valence-electron chi connectivity index (χ1n) is 35.9. The molecule has 12 rings (SSSR count). The van der Waals surface area contributed by atoms with E-state index >= 15 is 0 Å². The Morgan fingerprint density at radius 1 is 0.514 bits per heavy atom. The second kappa shape index (κ2) is 36.4. The number of anilines is 3. The van der Waals surface area contributed by atoms with E-state index in [1.807, 2.05) is 55.8 Å².